The minimum Gasteiger partial charge on any atom is -0.481 e. The molecule has 1 atom stereocenters. The van der Waals surface area contributed by atoms with Crippen LogP contribution in [0.4, 0.5) is 4.39 Å². The maximum atomic E-state index is 13.7. The smallest absolute Gasteiger partial charge is 0.313 e. The minimum absolute atomic E-state index is 0.0359. The predicted molar refractivity (Wildman–Crippen MR) is 144 cm³/mol. The molecule has 1 heterocycles. The van der Waals surface area contributed by atoms with Crippen molar-refractivity contribution in [3.63, 3.8) is 0 Å². The molecule has 1 aliphatic rings. The Morgan fingerprint density at radius 3 is 2.66 bits per heavy atom. The molecule has 4 aromatic rings. The second kappa shape index (κ2) is 9.86. The van der Waals surface area contributed by atoms with E-state index in [1.165, 1.54) is 23.9 Å². The number of thioether (sulfide) groups is 1. The molecule has 0 fully saturated rings. The highest BCUT2D eigenvalue weighted by molar-refractivity contribution is 8.00. The molecule has 1 unspecified atom stereocenters. The summed E-state index contributed by atoms with van der Waals surface area (Å²) in [7, 11) is 0. The van der Waals surface area contributed by atoms with Gasteiger partial charge >= 0.3 is 5.97 Å². The number of aliphatic carboxylic acids is 1. The molecule has 1 aromatic heterocycles. The Labute approximate surface area is 215 Å². The number of hydrogen-bond donors (Lipinski definition) is 1. The predicted octanol–water partition coefficient (Wildman–Crippen LogP) is 8.24. The number of nitrogens with zero attached hydrogens (tertiary/aromatic N) is 1. The summed E-state index contributed by atoms with van der Waals surface area (Å²) < 4.78 is 13.7. The zero-order chi connectivity index (χ0) is 24.5. The van der Waals surface area contributed by atoms with Crippen molar-refractivity contribution in [3.05, 3.63) is 110 Å². The van der Waals surface area contributed by atoms with Crippen LogP contribution in [0.25, 0.3) is 35.2 Å². The molecule has 7 heteroatoms. The van der Waals surface area contributed by atoms with Crippen LogP contribution < -0.4 is 0 Å². The second-order valence-electron chi connectivity index (χ2n) is 8.08. The first-order valence-electron chi connectivity index (χ1n) is 10.8. The standard InChI is InChI=1S/C28H18Cl2FNO2S/c29-22-3-1-2-18-8-7-17-6-4-16(12-21(17)28(27(18)22)35-15-26(33)34)5-10-20-11-9-19-13-24(31)23(30)14-25(19)32-20/h1-14,28H,15H2,(H,33,34)/b10-5+. The maximum Gasteiger partial charge on any atom is 0.313 e. The number of benzene rings is 3. The van der Waals surface area contributed by atoms with Crippen molar-refractivity contribution in [3.8, 4) is 0 Å². The molecule has 0 amide bonds. The molecule has 5 rings (SSSR count). The van der Waals surface area contributed by atoms with E-state index in [9.17, 15) is 14.3 Å². The molecule has 1 aliphatic carbocycles. The van der Waals surface area contributed by atoms with E-state index in [1.807, 2.05) is 60.7 Å². The van der Waals surface area contributed by atoms with Crippen LogP contribution in [0, 0.1) is 5.82 Å². The number of carboxylic acids is 1. The quantitative estimate of drug-likeness (QED) is 0.287. The minimum atomic E-state index is -0.874. The number of halogens is 3. The van der Waals surface area contributed by atoms with Gasteiger partial charge in [-0.1, -0.05) is 71.8 Å². The van der Waals surface area contributed by atoms with Gasteiger partial charge in [-0.15, -0.1) is 11.8 Å². The Kier molecular flexibility index (Phi) is 6.65. The fraction of sp³-hybridized carbons (Fsp3) is 0.0714. The van der Waals surface area contributed by atoms with Crippen LogP contribution in [0.15, 0.2) is 60.7 Å². The lowest BCUT2D eigenvalue weighted by Crippen LogP contribution is -2.06. The van der Waals surface area contributed by atoms with Crippen molar-refractivity contribution in [2.75, 3.05) is 5.75 Å². The average molecular weight is 522 g/mol. The zero-order valence-corrected chi connectivity index (χ0v) is 20.5. The summed E-state index contributed by atoms with van der Waals surface area (Å²) in [5.41, 5.74) is 6.16. The van der Waals surface area contributed by atoms with Crippen LogP contribution in [-0.4, -0.2) is 21.8 Å². The van der Waals surface area contributed by atoms with Gasteiger partial charge in [0, 0.05) is 10.4 Å². The van der Waals surface area contributed by atoms with Gasteiger partial charge in [0.2, 0.25) is 0 Å². The summed E-state index contributed by atoms with van der Waals surface area (Å²) in [6, 6.07) is 18.3. The van der Waals surface area contributed by atoms with E-state index in [1.54, 1.807) is 6.07 Å². The van der Waals surface area contributed by atoms with Gasteiger partial charge in [0.25, 0.3) is 0 Å². The van der Waals surface area contributed by atoms with Gasteiger partial charge in [-0.25, -0.2) is 9.37 Å². The molecule has 35 heavy (non-hydrogen) atoms. The van der Waals surface area contributed by atoms with Crippen molar-refractivity contribution in [1.82, 2.24) is 4.98 Å². The molecule has 0 radical (unpaired) electrons. The molecular weight excluding hydrogens is 504 g/mol. The lowest BCUT2D eigenvalue weighted by Gasteiger charge is -2.21. The summed E-state index contributed by atoms with van der Waals surface area (Å²) in [5.74, 6) is -1.39. The fourth-order valence-electron chi connectivity index (χ4n) is 4.12. The van der Waals surface area contributed by atoms with Crippen molar-refractivity contribution in [1.29, 1.82) is 0 Å². The number of hydrogen-bond acceptors (Lipinski definition) is 3. The van der Waals surface area contributed by atoms with Crippen LogP contribution >= 0.6 is 35.0 Å². The molecule has 3 nitrogen and oxygen atoms in total. The fourth-order valence-corrected chi connectivity index (χ4v) is 5.76. The number of carbonyl (C=O) groups is 1. The zero-order valence-electron chi connectivity index (χ0n) is 18.2. The molecule has 3 aromatic carbocycles. The molecule has 0 saturated carbocycles. The van der Waals surface area contributed by atoms with Gasteiger partial charge in [0.15, 0.2) is 0 Å². The summed E-state index contributed by atoms with van der Waals surface area (Å²) >= 11 is 13.8. The van der Waals surface area contributed by atoms with E-state index in [4.69, 9.17) is 23.2 Å². The molecule has 0 bridgehead atoms. The number of aromatic nitrogens is 1. The highest BCUT2D eigenvalue weighted by Gasteiger charge is 2.25. The number of rotatable bonds is 5. The van der Waals surface area contributed by atoms with E-state index in [-0.39, 0.29) is 16.0 Å². The topological polar surface area (TPSA) is 50.2 Å². The first-order valence-corrected chi connectivity index (χ1v) is 12.6. The van der Waals surface area contributed by atoms with Crippen molar-refractivity contribution in [2.45, 2.75) is 5.25 Å². The van der Waals surface area contributed by atoms with E-state index < -0.39 is 11.8 Å². The van der Waals surface area contributed by atoms with Crippen molar-refractivity contribution < 1.29 is 14.3 Å². The van der Waals surface area contributed by atoms with Crippen LogP contribution in [-0.2, 0) is 4.79 Å². The molecule has 0 saturated heterocycles. The third-order valence-corrected chi connectivity index (χ3v) is 7.61. The van der Waals surface area contributed by atoms with Crippen LogP contribution in [0.3, 0.4) is 0 Å². The monoisotopic (exact) mass is 521 g/mol. The van der Waals surface area contributed by atoms with Gasteiger partial charge in [-0.05, 0) is 64.2 Å². The van der Waals surface area contributed by atoms with Crippen molar-refractivity contribution >= 4 is 76.1 Å². The summed E-state index contributed by atoms with van der Waals surface area (Å²) in [6.45, 7) is 0. The largest absolute Gasteiger partial charge is 0.481 e. The Bertz CT molecular complexity index is 1530. The Morgan fingerprint density at radius 1 is 1.00 bits per heavy atom. The van der Waals surface area contributed by atoms with E-state index in [0.29, 0.717) is 21.6 Å². The molecule has 0 aliphatic heterocycles. The Balaban J connectivity index is 1.52. The summed E-state index contributed by atoms with van der Waals surface area (Å²) in [4.78, 5) is 15.9. The van der Waals surface area contributed by atoms with E-state index >= 15 is 0 Å². The van der Waals surface area contributed by atoms with E-state index in [0.717, 1.165) is 27.8 Å². The summed E-state index contributed by atoms with van der Waals surface area (Å²) in [6.07, 6.45) is 7.88. The molecular formula is C28H18Cl2FNO2S. The third kappa shape index (κ3) is 4.98. The Morgan fingerprint density at radius 2 is 1.83 bits per heavy atom. The van der Waals surface area contributed by atoms with Gasteiger partial charge in [0.05, 0.1) is 27.2 Å². The second-order valence-corrected chi connectivity index (χ2v) is 9.99. The highest BCUT2D eigenvalue weighted by Crippen LogP contribution is 2.45. The van der Waals surface area contributed by atoms with Gasteiger partial charge < -0.3 is 5.11 Å². The highest BCUT2D eigenvalue weighted by atomic mass is 35.5. The number of carboxylic acid groups (broad SMARTS) is 1. The molecule has 0 spiro atoms. The van der Waals surface area contributed by atoms with Crippen molar-refractivity contribution in [2.24, 2.45) is 0 Å². The third-order valence-electron chi connectivity index (χ3n) is 5.76. The molecule has 174 valence electrons. The number of pyridine rings is 1. The summed E-state index contributed by atoms with van der Waals surface area (Å²) in [5, 5.41) is 10.4. The van der Waals surface area contributed by atoms with Gasteiger partial charge in [-0.3, -0.25) is 4.79 Å². The van der Waals surface area contributed by atoms with Crippen LogP contribution in [0.2, 0.25) is 10.0 Å². The molecule has 1 N–H and O–H groups in total. The van der Waals surface area contributed by atoms with Gasteiger partial charge in [-0.2, -0.15) is 0 Å². The normalized spacial score (nSPS) is 14.7. The van der Waals surface area contributed by atoms with Crippen LogP contribution in [0.5, 0.6) is 0 Å². The Hall–Kier alpha value is -3.12. The maximum absolute atomic E-state index is 13.7. The lowest BCUT2D eigenvalue weighted by molar-refractivity contribution is -0.133. The lowest BCUT2D eigenvalue weighted by atomic mass is 9.97. The van der Waals surface area contributed by atoms with Crippen LogP contribution in [0.1, 0.15) is 38.8 Å². The first-order chi connectivity index (χ1) is 16.9. The van der Waals surface area contributed by atoms with E-state index in [2.05, 4.69) is 11.1 Å². The SMILES string of the molecule is O=C(O)CSC1c2cc(/C=C/c3ccc4cc(F)c(Cl)cc4n3)ccc2C=Cc2cccc(Cl)c21. The first kappa shape index (κ1) is 23.6. The van der Waals surface area contributed by atoms with Gasteiger partial charge in [0.1, 0.15) is 5.82 Å². The average Bonchev–Trinajstić information content (AvgIpc) is 2.99. The number of fused-ring (bicyclic) bond motifs is 3.